The molecule has 5 rings (SSSR count). The normalized spacial score (nSPS) is 16.7. The zero-order valence-electron chi connectivity index (χ0n) is 26.4. The summed E-state index contributed by atoms with van der Waals surface area (Å²) in [6, 6.07) is 27.2. The van der Waals surface area contributed by atoms with Crippen LogP contribution < -0.4 is 25.1 Å². The molecule has 0 fully saturated rings. The molecule has 248 valence electrons. The molecule has 0 spiro atoms. The summed E-state index contributed by atoms with van der Waals surface area (Å²) in [6.07, 6.45) is -0.312. The van der Waals surface area contributed by atoms with Gasteiger partial charge in [0.1, 0.15) is 17.2 Å². The van der Waals surface area contributed by atoms with Gasteiger partial charge in [0.15, 0.2) is 11.6 Å². The molecule has 4 aromatic carbocycles. The zero-order valence-corrected chi connectivity index (χ0v) is 28.0. The molecule has 48 heavy (non-hydrogen) atoms. The van der Waals surface area contributed by atoms with Crippen molar-refractivity contribution in [3.05, 3.63) is 128 Å². The first-order chi connectivity index (χ1) is 23.4. The Kier molecular flexibility index (Phi) is 11.5. The number of aliphatic imine (C=N–C) groups is 1. The highest BCUT2D eigenvalue weighted by Gasteiger charge is 2.54. The van der Waals surface area contributed by atoms with Crippen molar-refractivity contribution in [3.63, 3.8) is 0 Å². The highest BCUT2D eigenvalue weighted by atomic mass is 79.9. The number of nitrogens with one attached hydrogen (secondary N) is 2. The van der Waals surface area contributed by atoms with E-state index in [4.69, 9.17) is 29.0 Å². The van der Waals surface area contributed by atoms with Crippen LogP contribution >= 0.6 is 15.9 Å². The van der Waals surface area contributed by atoms with Crippen molar-refractivity contribution in [2.24, 2.45) is 10.1 Å². The van der Waals surface area contributed by atoms with Crippen LogP contribution in [0.2, 0.25) is 0 Å². The van der Waals surface area contributed by atoms with E-state index in [2.05, 4.69) is 36.8 Å². The van der Waals surface area contributed by atoms with E-state index in [1.54, 1.807) is 68.8 Å². The molecule has 0 saturated carbocycles. The van der Waals surface area contributed by atoms with E-state index < -0.39 is 17.6 Å². The minimum atomic E-state index is -1.54. The molecule has 3 N–H and O–H groups in total. The third-order valence-corrected chi connectivity index (χ3v) is 8.29. The van der Waals surface area contributed by atoms with Crippen LogP contribution in [0.1, 0.15) is 34.8 Å². The Morgan fingerprint density at radius 2 is 1.79 bits per heavy atom. The SMILES string of the molecule is COc1ccc(CNNC(=O)[C@@]2(Cc3ccc(Br)cc3)N=C(c3ccc(OCCCO)cc3)O[C@H]2c2ccccc2N=[N+]=[N-])c(OC)c1. The first kappa shape index (κ1) is 34.3. The second-order valence-electron chi connectivity index (χ2n) is 10.8. The quantitative estimate of drug-likeness (QED) is 0.0417. The van der Waals surface area contributed by atoms with Crippen LogP contribution in [0.25, 0.3) is 10.4 Å². The maximum absolute atomic E-state index is 14.5. The van der Waals surface area contributed by atoms with Gasteiger partial charge in [0.05, 0.1) is 20.8 Å². The molecule has 2 atom stereocenters. The maximum atomic E-state index is 14.5. The van der Waals surface area contributed by atoms with Gasteiger partial charge in [-0.3, -0.25) is 10.2 Å². The minimum Gasteiger partial charge on any atom is -0.497 e. The van der Waals surface area contributed by atoms with Crippen molar-refractivity contribution >= 4 is 33.4 Å². The summed E-state index contributed by atoms with van der Waals surface area (Å²) in [6.45, 7) is 0.645. The van der Waals surface area contributed by atoms with Crippen molar-refractivity contribution in [2.75, 3.05) is 27.4 Å². The van der Waals surface area contributed by atoms with E-state index in [0.29, 0.717) is 47.1 Å². The van der Waals surface area contributed by atoms with Gasteiger partial charge in [-0.1, -0.05) is 63.5 Å². The van der Waals surface area contributed by atoms with Gasteiger partial charge >= 0.3 is 0 Å². The van der Waals surface area contributed by atoms with E-state index in [1.165, 1.54) is 0 Å². The van der Waals surface area contributed by atoms with Gasteiger partial charge in [-0.15, -0.1) is 0 Å². The van der Waals surface area contributed by atoms with Crippen LogP contribution in [0.5, 0.6) is 17.2 Å². The number of hydrogen-bond acceptors (Lipinski definition) is 9. The fourth-order valence-corrected chi connectivity index (χ4v) is 5.61. The third kappa shape index (κ3) is 7.89. The molecule has 12 nitrogen and oxygen atoms in total. The molecule has 13 heteroatoms. The van der Waals surface area contributed by atoms with Gasteiger partial charge in [0, 0.05) is 63.8 Å². The van der Waals surface area contributed by atoms with Crippen molar-refractivity contribution in [3.8, 4) is 17.2 Å². The molecule has 1 aliphatic rings. The lowest BCUT2D eigenvalue weighted by Gasteiger charge is -2.31. The maximum Gasteiger partial charge on any atom is 0.266 e. The van der Waals surface area contributed by atoms with Gasteiger partial charge in [0.2, 0.25) is 5.90 Å². The first-order valence-electron chi connectivity index (χ1n) is 15.1. The Balaban J connectivity index is 1.55. The predicted octanol–water partition coefficient (Wildman–Crippen LogP) is 6.49. The van der Waals surface area contributed by atoms with Crippen LogP contribution in [0.15, 0.2) is 106 Å². The van der Waals surface area contributed by atoms with E-state index >= 15 is 0 Å². The molecule has 0 unspecified atom stereocenters. The Morgan fingerprint density at radius 3 is 2.50 bits per heavy atom. The lowest BCUT2D eigenvalue weighted by molar-refractivity contribution is -0.130. The second kappa shape index (κ2) is 16.2. The number of methoxy groups -OCH3 is 2. The molecule has 0 aromatic heterocycles. The molecule has 0 bridgehead atoms. The number of aliphatic hydroxyl groups excluding tert-OH is 1. The Morgan fingerprint density at radius 1 is 1.04 bits per heavy atom. The highest BCUT2D eigenvalue weighted by molar-refractivity contribution is 9.10. The number of carbonyl (C=O) groups excluding carboxylic acids is 1. The number of amides is 1. The standard InChI is InChI=1S/C35H35BrN6O6/c1-45-28-17-12-25(31(20-28)46-2)22-38-41-34(44)35(21-23-8-13-26(36)14-9-23)32(29-6-3-4-7-30(29)40-42-37)48-33(39-35)24-10-15-27(16-11-24)47-19-5-18-43/h3-4,6-17,20,32,38,43H,5,18-19,21-22H2,1-2H3,(H,41,44)/t32-,35-/m0/s1. The average Bonchev–Trinajstić information content (AvgIpc) is 3.50. The van der Waals surface area contributed by atoms with Gasteiger partial charge in [-0.2, -0.15) is 0 Å². The number of azide groups is 1. The van der Waals surface area contributed by atoms with E-state index in [-0.39, 0.29) is 25.5 Å². The summed E-state index contributed by atoms with van der Waals surface area (Å²) >= 11 is 3.49. The van der Waals surface area contributed by atoms with Crippen molar-refractivity contribution in [1.82, 2.24) is 10.9 Å². The average molecular weight is 716 g/mol. The number of carbonyl (C=O) groups is 1. The molecule has 1 heterocycles. The fraction of sp³-hybridized carbons (Fsp3) is 0.257. The van der Waals surface area contributed by atoms with Crippen molar-refractivity contribution < 1.29 is 28.8 Å². The minimum absolute atomic E-state index is 0.0342. The zero-order chi connectivity index (χ0) is 33.9. The Bertz CT molecular complexity index is 1800. The summed E-state index contributed by atoms with van der Waals surface area (Å²) < 4.78 is 24.0. The van der Waals surface area contributed by atoms with Crippen LogP contribution in [0.4, 0.5) is 5.69 Å². The van der Waals surface area contributed by atoms with Crippen LogP contribution in [-0.2, 0) is 22.5 Å². The number of hydrazine groups is 1. The van der Waals surface area contributed by atoms with Gasteiger partial charge < -0.3 is 24.1 Å². The summed E-state index contributed by atoms with van der Waals surface area (Å²) in [5, 5.41) is 13.0. The fourth-order valence-electron chi connectivity index (χ4n) is 5.35. The third-order valence-electron chi connectivity index (χ3n) is 7.76. The topological polar surface area (TPSA) is 159 Å². The second-order valence-corrected chi connectivity index (χ2v) is 11.7. The van der Waals surface area contributed by atoms with E-state index in [9.17, 15) is 10.3 Å². The monoisotopic (exact) mass is 714 g/mol. The van der Waals surface area contributed by atoms with Gasteiger partial charge in [0.25, 0.3) is 5.91 Å². The van der Waals surface area contributed by atoms with E-state index in [0.717, 1.165) is 15.6 Å². The smallest absolute Gasteiger partial charge is 0.266 e. The summed E-state index contributed by atoms with van der Waals surface area (Å²) in [5.41, 5.74) is 16.8. The highest BCUT2D eigenvalue weighted by Crippen LogP contribution is 2.45. The number of aliphatic hydroxyl groups is 1. The molecule has 1 aliphatic heterocycles. The molecule has 0 saturated heterocycles. The van der Waals surface area contributed by atoms with Crippen molar-refractivity contribution in [2.45, 2.75) is 31.0 Å². The summed E-state index contributed by atoms with van der Waals surface area (Å²) in [7, 11) is 3.14. The number of halogens is 1. The molecule has 1 amide bonds. The Labute approximate surface area is 286 Å². The number of benzene rings is 4. The van der Waals surface area contributed by atoms with Crippen molar-refractivity contribution in [1.29, 1.82) is 0 Å². The summed E-state index contributed by atoms with van der Waals surface area (Å²) in [4.78, 5) is 22.6. The molecular weight excluding hydrogens is 680 g/mol. The first-order valence-corrected chi connectivity index (χ1v) is 15.9. The lowest BCUT2D eigenvalue weighted by Crippen LogP contribution is -2.53. The molecule has 4 aromatic rings. The molecule has 0 radical (unpaired) electrons. The van der Waals surface area contributed by atoms with Gasteiger partial charge in [-0.25, -0.2) is 10.4 Å². The van der Waals surface area contributed by atoms with Crippen LogP contribution in [0.3, 0.4) is 0 Å². The molecular formula is C35H35BrN6O6. The van der Waals surface area contributed by atoms with E-state index in [1.807, 2.05) is 36.4 Å². The predicted molar refractivity (Wildman–Crippen MR) is 184 cm³/mol. The number of rotatable bonds is 15. The summed E-state index contributed by atoms with van der Waals surface area (Å²) in [5.74, 6) is 1.63. The van der Waals surface area contributed by atoms with Crippen LogP contribution in [-0.4, -0.2) is 49.9 Å². The lowest BCUT2D eigenvalue weighted by atomic mass is 9.81. The largest absolute Gasteiger partial charge is 0.497 e. The number of ether oxygens (including phenoxy) is 4. The Hall–Kier alpha value is -5.07. The van der Waals surface area contributed by atoms with Gasteiger partial charge in [-0.05, 0) is 53.6 Å². The number of hydrogen-bond donors (Lipinski definition) is 3. The molecule has 0 aliphatic carbocycles. The van der Waals surface area contributed by atoms with Crippen LogP contribution in [0, 0.1) is 0 Å². The number of nitrogens with zero attached hydrogens (tertiary/aromatic N) is 4.